The van der Waals surface area contributed by atoms with Gasteiger partial charge in [-0.05, 0) is 42.0 Å². The SMILES string of the molecule is Cn1nc2c3c(c(-c4c(F)cc(C(F)(F)F)cc4C(N)=O)cc2c1CN)C(c1cc(F)ccc1Cl)NC3=O. The molecule has 38 heavy (non-hydrogen) atoms. The second-order valence-electron chi connectivity index (χ2n) is 8.70. The Morgan fingerprint density at radius 2 is 1.87 bits per heavy atom. The van der Waals surface area contributed by atoms with E-state index < -0.39 is 52.4 Å². The van der Waals surface area contributed by atoms with Gasteiger partial charge in [0.15, 0.2) is 0 Å². The molecule has 1 atom stereocenters. The fourth-order valence-corrected chi connectivity index (χ4v) is 5.08. The Morgan fingerprint density at radius 3 is 2.50 bits per heavy atom. The predicted octanol–water partition coefficient (Wildman–Crippen LogP) is 4.58. The molecule has 196 valence electrons. The van der Waals surface area contributed by atoms with E-state index in [0.29, 0.717) is 17.1 Å². The van der Waals surface area contributed by atoms with Crippen molar-refractivity contribution in [1.82, 2.24) is 15.1 Å². The topological polar surface area (TPSA) is 116 Å². The Morgan fingerprint density at radius 1 is 1.16 bits per heavy atom. The molecule has 0 saturated heterocycles. The van der Waals surface area contributed by atoms with Gasteiger partial charge >= 0.3 is 6.18 Å². The fourth-order valence-electron chi connectivity index (χ4n) is 4.86. The molecular formula is C25H17ClF5N5O2. The highest BCUT2D eigenvalue weighted by Crippen LogP contribution is 2.46. The zero-order valence-electron chi connectivity index (χ0n) is 19.4. The highest BCUT2D eigenvalue weighted by atomic mass is 35.5. The van der Waals surface area contributed by atoms with Crippen LogP contribution >= 0.6 is 11.6 Å². The Kier molecular flexibility index (Phi) is 5.91. The number of aromatic nitrogens is 2. The first-order chi connectivity index (χ1) is 17.8. The van der Waals surface area contributed by atoms with Crippen molar-refractivity contribution < 1.29 is 31.5 Å². The molecule has 2 heterocycles. The third-order valence-electron chi connectivity index (χ3n) is 6.50. The number of carbonyl (C=O) groups excluding carboxylic acids is 2. The molecule has 0 aliphatic carbocycles. The molecule has 4 aromatic rings. The van der Waals surface area contributed by atoms with E-state index in [1.807, 2.05) is 0 Å². The number of hydrogen-bond donors (Lipinski definition) is 3. The number of nitrogens with one attached hydrogen (secondary N) is 1. The van der Waals surface area contributed by atoms with Crippen molar-refractivity contribution in [2.75, 3.05) is 0 Å². The van der Waals surface area contributed by atoms with Gasteiger partial charge in [0.25, 0.3) is 5.91 Å². The number of aryl methyl sites for hydroxylation is 1. The molecule has 3 aromatic carbocycles. The van der Waals surface area contributed by atoms with Gasteiger partial charge in [0.1, 0.15) is 17.2 Å². The fraction of sp³-hybridized carbons (Fsp3) is 0.160. The zero-order chi connectivity index (χ0) is 27.7. The average Bonchev–Trinajstić information content (AvgIpc) is 3.34. The van der Waals surface area contributed by atoms with E-state index in [1.54, 1.807) is 7.05 Å². The lowest BCUT2D eigenvalue weighted by atomic mass is 9.85. The van der Waals surface area contributed by atoms with Crippen LogP contribution in [0.15, 0.2) is 36.4 Å². The van der Waals surface area contributed by atoms with Crippen LogP contribution in [-0.2, 0) is 19.8 Å². The molecule has 1 aliphatic rings. The zero-order valence-corrected chi connectivity index (χ0v) is 20.1. The largest absolute Gasteiger partial charge is 0.416 e. The predicted molar refractivity (Wildman–Crippen MR) is 128 cm³/mol. The molecule has 5 rings (SSSR count). The molecule has 7 nitrogen and oxygen atoms in total. The second-order valence-corrected chi connectivity index (χ2v) is 9.11. The number of halogens is 6. The molecule has 1 unspecified atom stereocenters. The van der Waals surface area contributed by atoms with Crippen LogP contribution in [0.3, 0.4) is 0 Å². The Balaban J connectivity index is 1.95. The summed E-state index contributed by atoms with van der Waals surface area (Å²) in [5.74, 6) is -4.10. The van der Waals surface area contributed by atoms with Gasteiger partial charge in [0.05, 0.1) is 28.4 Å². The maximum Gasteiger partial charge on any atom is 0.416 e. The minimum Gasteiger partial charge on any atom is -0.366 e. The van der Waals surface area contributed by atoms with Crippen LogP contribution < -0.4 is 16.8 Å². The molecule has 13 heteroatoms. The van der Waals surface area contributed by atoms with Crippen molar-refractivity contribution in [3.05, 3.63) is 86.6 Å². The molecule has 0 radical (unpaired) electrons. The number of benzene rings is 3. The lowest BCUT2D eigenvalue weighted by Gasteiger charge is -2.20. The number of alkyl halides is 3. The molecule has 0 spiro atoms. The Labute approximate surface area is 216 Å². The van der Waals surface area contributed by atoms with Crippen LogP contribution in [0.2, 0.25) is 5.02 Å². The summed E-state index contributed by atoms with van der Waals surface area (Å²) < 4.78 is 71.5. The minimum absolute atomic E-state index is 0.0397. The Hall–Kier alpha value is -4.03. The third-order valence-corrected chi connectivity index (χ3v) is 6.84. The van der Waals surface area contributed by atoms with Crippen LogP contribution in [0.5, 0.6) is 0 Å². The lowest BCUT2D eigenvalue weighted by molar-refractivity contribution is -0.137. The van der Waals surface area contributed by atoms with Crippen LogP contribution in [0.1, 0.15) is 49.1 Å². The lowest BCUT2D eigenvalue weighted by Crippen LogP contribution is -2.21. The van der Waals surface area contributed by atoms with Crippen molar-refractivity contribution in [3.8, 4) is 11.1 Å². The summed E-state index contributed by atoms with van der Waals surface area (Å²) in [6.45, 7) is -0.0514. The van der Waals surface area contributed by atoms with Gasteiger partial charge in [-0.3, -0.25) is 14.3 Å². The van der Waals surface area contributed by atoms with E-state index >= 15 is 4.39 Å². The first-order valence-electron chi connectivity index (χ1n) is 11.0. The number of carbonyl (C=O) groups is 2. The van der Waals surface area contributed by atoms with Gasteiger partial charge in [-0.2, -0.15) is 18.3 Å². The van der Waals surface area contributed by atoms with Gasteiger partial charge in [-0.15, -0.1) is 0 Å². The summed E-state index contributed by atoms with van der Waals surface area (Å²) in [5, 5.41) is 7.40. The standard InChI is InChI=1S/C25H17ClF5N5O2/c1-36-17(8-32)12-7-13(18-14(23(33)37)4-9(5-16(18)28)25(29,30)31)19-20(22(12)35-36)24(38)34-21(19)11-6-10(27)2-3-15(11)26/h2-7,21H,8,32H2,1H3,(H2,33,37)(H,34,38). The van der Waals surface area contributed by atoms with Crippen LogP contribution in [0, 0.1) is 11.6 Å². The first-order valence-corrected chi connectivity index (χ1v) is 11.4. The van der Waals surface area contributed by atoms with E-state index in [1.165, 1.54) is 16.8 Å². The maximum atomic E-state index is 15.6. The van der Waals surface area contributed by atoms with Crippen molar-refractivity contribution >= 4 is 34.3 Å². The average molecular weight is 550 g/mol. The maximum absolute atomic E-state index is 15.6. The van der Waals surface area contributed by atoms with Crippen molar-refractivity contribution in [3.63, 3.8) is 0 Å². The molecule has 0 saturated carbocycles. The van der Waals surface area contributed by atoms with Gasteiger partial charge in [0, 0.05) is 40.7 Å². The third kappa shape index (κ3) is 3.87. The van der Waals surface area contributed by atoms with Gasteiger partial charge in [0.2, 0.25) is 5.91 Å². The van der Waals surface area contributed by atoms with E-state index in [2.05, 4.69) is 10.4 Å². The highest BCUT2D eigenvalue weighted by Gasteiger charge is 2.40. The molecule has 2 amide bonds. The van der Waals surface area contributed by atoms with Crippen molar-refractivity contribution in [2.45, 2.75) is 18.8 Å². The summed E-state index contributed by atoms with van der Waals surface area (Å²) >= 11 is 6.32. The molecule has 5 N–H and O–H groups in total. The first kappa shape index (κ1) is 25.6. The Bertz CT molecular complexity index is 1680. The molecule has 1 aliphatic heterocycles. The van der Waals surface area contributed by atoms with Gasteiger partial charge < -0.3 is 16.8 Å². The van der Waals surface area contributed by atoms with E-state index in [4.69, 9.17) is 23.1 Å². The van der Waals surface area contributed by atoms with Gasteiger partial charge in [-0.1, -0.05) is 11.6 Å². The van der Waals surface area contributed by atoms with E-state index in [0.717, 1.165) is 12.1 Å². The summed E-state index contributed by atoms with van der Waals surface area (Å²) in [7, 11) is 1.57. The summed E-state index contributed by atoms with van der Waals surface area (Å²) in [4.78, 5) is 25.6. The molecular weight excluding hydrogens is 533 g/mol. The highest BCUT2D eigenvalue weighted by molar-refractivity contribution is 6.31. The molecule has 1 aromatic heterocycles. The number of hydrogen-bond acceptors (Lipinski definition) is 4. The smallest absolute Gasteiger partial charge is 0.366 e. The summed E-state index contributed by atoms with van der Waals surface area (Å²) in [6.07, 6.45) is -4.97. The van der Waals surface area contributed by atoms with Crippen LogP contribution in [0.4, 0.5) is 22.0 Å². The summed E-state index contributed by atoms with van der Waals surface area (Å²) in [5.41, 5.74) is 9.09. The molecule has 0 bridgehead atoms. The second kappa shape index (κ2) is 8.77. The number of fused-ring (bicyclic) bond motifs is 3. The minimum atomic E-state index is -4.97. The van der Waals surface area contributed by atoms with Crippen LogP contribution in [0.25, 0.3) is 22.0 Å². The number of primary amides is 1. The molecule has 0 fully saturated rings. The van der Waals surface area contributed by atoms with Crippen molar-refractivity contribution in [2.24, 2.45) is 18.5 Å². The van der Waals surface area contributed by atoms with Crippen molar-refractivity contribution in [1.29, 1.82) is 0 Å². The van der Waals surface area contributed by atoms with Gasteiger partial charge in [-0.25, -0.2) is 8.78 Å². The normalized spacial score (nSPS) is 15.2. The van der Waals surface area contributed by atoms with Crippen LogP contribution in [-0.4, -0.2) is 21.6 Å². The summed E-state index contributed by atoms with van der Waals surface area (Å²) in [6, 6.07) is 4.32. The number of rotatable bonds is 4. The van der Waals surface area contributed by atoms with E-state index in [-0.39, 0.29) is 45.4 Å². The number of nitrogens with zero attached hydrogens (tertiary/aromatic N) is 2. The number of amides is 2. The number of nitrogens with two attached hydrogens (primary N) is 2. The van der Waals surface area contributed by atoms with E-state index in [9.17, 15) is 27.2 Å². The quantitative estimate of drug-likeness (QED) is 0.323. The monoisotopic (exact) mass is 549 g/mol.